The first-order chi connectivity index (χ1) is 16.5. The normalized spacial score (nSPS) is 14.9. The number of aryl methyl sites for hydroxylation is 1. The summed E-state index contributed by atoms with van der Waals surface area (Å²) in [6.45, 7) is 6.65. The Morgan fingerprint density at radius 2 is 2.03 bits per heavy atom. The van der Waals surface area contributed by atoms with Crippen molar-refractivity contribution in [3.63, 3.8) is 0 Å². The second-order valence-electron chi connectivity index (χ2n) is 8.26. The van der Waals surface area contributed by atoms with Crippen molar-refractivity contribution < 1.29 is 18.7 Å². The molecule has 3 aromatic rings. The van der Waals surface area contributed by atoms with Crippen molar-refractivity contribution >= 4 is 23.2 Å². The minimum Gasteiger partial charge on any atom is -0.491 e. The number of hydrogen-bond donors (Lipinski definition) is 0. The van der Waals surface area contributed by atoms with E-state index in [-0.39, 0.29) is 30.6 Å². The first-order valence-electron chi connectivity index (χ1n) is 11.2. The Balaban J connectivity index is 1.52. The third-order valence-electron chi connectivity index (χ3n) is 5.88. The number of benzene rings is 2. The molecule has 1 aromatic heterocycles. The summed E-state index contributed by atoms with van der Waals surface area (Å²) in [4.78, 5) is 30.9. The van der Waals surface area contributed by atoms with Crippen molar-refractivity contribution in [3.8, 4) is 5.75 Å². The molecule has 0 radical (unpaired) electrons. The average Bonchev–Trinajstić information content (AvgIpc) is 3.32. The van der Waals surface area contributed by atoms with Gasteiger partial charge in [0.2, 0.25) is 5.91 Å². The highest BCUT2D eigenvalue weighted by atomic mass is 32.1. The van der Waals surface area contributed by atoms with Crippen LogP contribution in [0, 0.1) is 12.7 Å². The van der Waals surface area contributed by atoms with Gasteiger partial charge in [0.1, 0.15) is 24.7 Å². The lowest BCUT2D eigenvalue weighted by molar-refractivity contribution is -0.135. The molecule has 0 fully saturated rings. The van der Waals surface area contributed by atoms with Crippen LogP contribution in [0.4, 0.5) is 4.39 Å². The van der Waals surface area contributed by atoms with Crippen LogP contribution in [0.1, 0.15) is 32.4 Å². The van der Waals surface area contributed by atoms with Crippen molar-refractivity contribution in [2.45, 2.75) is 19.4 Å². The molecule has 0 bridgehead atoms. The zero-order valence-electron chi connectivity index (χ0n) is 19.1. The van der Waals surface area contributed by atoms with Crippen molar-refractivity contribution in [1.29, 1.82) is 0 Å². The summed E-state index contributed by atoms with van der Waals surface area (Å²) in [7, 11) is 0. The number of rotatable bonds is 8. The van der Waals surface area contributed by atoms with Crippen LogP contribution in [-0.4, -0.2) is 47.9 Å². The fourth-order valence-corrected chi connectivity index (χ4v) is 5.05. The second-order valence-corrected chi connectivity index (χ2v) is 9.26. The molecule has 34 heavy (non-hydrogen) atoms. The minimum absolute atomic E-state index is 0.123. The molecule has 2 aromatic carbocycles. The Hall–Kier alpha value is -3.45. The average molecular weight is 479 g/mol. The van der Waals surface area contributed by atoms with E-state index in [2.05, 4.69) is 6.58 Å². The number of ether oxygens (including phenoxy) is 1. The predicted octanol–water partition coefficient (Wildman–Crippen LogP) is 5.03. The van der Waals surface area contributed by atoms with Crippen LogP contribution in [0.15, 0.2) is 72.6 Å². The van der Waals surface area contributed by atoms with E-state index in [9.17, 15) is 14.0 Å². The van der Waals surface area contributed by atoms with Crippen LogP contribution in [0.5, 0.6) is 5.75 Å². The molecule has 0 saturated heterocycles. The largest absolute Gasteiger partial charge is 0.491 e. The summed E-state index contributed by atoms with van der Waals surface area (Å²) < 4.78 is 19.7. The number of hydrogen-bond acceptors (Lipinski definition) is 4. The molecule has 7 heteroatoms. The van der Waals surface area contributed by atoms with Gasteiger partial charge in [-0.1, -0.05) is 29.8 Å². The van der Waals surface area contributed by atoms with Gasteiger partial charge in [-0.3, -0.25) is 9.59 Å². The van der Waals surface area contributed by atoms with Crippen molar-refractivity contribution in [3.05, 3.63) is 100 Å². The first-order valence-corrected chi connectivity index (χ1v) is 12.0. The number of amides is 2. The lowest BCUT2D eigenvalue weighted by atomic mass is 10.0. The highest BCUT2D eigenvalue weighted by molar-refractivity contribution is 7.10. The van der Waals surface area contributed by atoms with Gasteiger partial charge in [-0.15, -0.1) is 17.9 Å². The van der Waals surface area contributed by atoms with Crippen LogP contribution in [0.3, 0.4) is 0 Å². The summed E-state index contributed by atoms with van der Waals surface area (Å²) in [5, 5.41) is 2.04. The molecule has 2 heterocycles. The van der Waals surface area contributed by atoms with Gasteiger partial charge in [-0.2, -0.15) is 0 Å². The van der Waals surface area contributed by atoms with Gasteiger partial charge >= 0.3 is 0 Å². The lowest BCUT2D eigenvalue weighted by Crippen LogP contribution is -2.47. The van der Waals surface area contributed by atoms with Crippen molar-refractivity contribution in [1.82, 2.24) is 9.80 Å². The number of nitrogens with zero attached hydrogens (tertiary/aromatic N) is 2. The maximum atomic E-state index is 13.7. The van der Waals surface area contributed by atoms with E-state index in [1.807, 2.05) is 42.6 Å². The molecule has 176 valence electrons. The van der Waals surface area contributed by atoms with E-state index in [0.717, 1.165) is 23.3 Å². The molecule has 5 nitrogen and oxygen atoms in total. The third-order valence-corrected chi connectivity index (χ3v) is 6.87. The summed E-state index contributed by atoms with van der Waals surface area (Å²) in [5.74, 6) is -0.339. The molecule has 0 unspecified atom stereocenters. The van der Waals surface area contributed by atoms with Gasteiger partial charge in [-0.05, 0) is 60.7 Å². The standard InChI is InChI=1S/C27H27FN2O3S/c1-3-13-29(27(32)20-5-4-6-21(28)16-20)17-26(31)30-14-11-25-23(12-15-34-25)24(30)18-33-22-9-7-19(2)8-10-22/h3-10,12,15-16,24H,1,11,13-14,17-18H2,2H3/t24-/m0/s1. The highest BCUT2D eigenvalue weighted by Gasteiger charge is 2.33. The number of carbonyl (C=O) groups is 2. The van der Waals surface area contributed by atoms with Crippen LogP contribution in [0.2, 0.25) is 0 Å². The molecule has 0 saturated carbocycles. The SMILES string of the molecule is C=CCN(CC(=O)N1CCc2sccc2[C@@H]1COc1ccc(C)cc1)C(=O)c1cccc(F)c1. The third kappa shape index (κ3) is 5.37. The maximum Gasteiger partial charge on any atom is 0.254 e. The number of fused-ring (bicyclic) bond motifs is 1. The molecule has 0 spiro atoms. The van der Waals surface area contributed by atoms with Gasteiger partial charge in [0, 0.05) is 23.5 Å². The number of halogens is 1. The second kappa shape index (κ2) is 10.7. The predicted molar refractivity (Wildman–Crippen MR) is 132 cm³/mol. The van der Waals surface area contributed by atoms with Gasteiger partial charge in [-0.25, -0.2) is 4.39 Å². The summed E-state index contributed by atoms with van der Waals surface area (Å²) in [6.07, 6.45) is 2.33. The van der Waals surface area contributed by atoms with Crippen LogP contribution in [-0.2, 0) is 11.2 Å². The molecule has 0 N–H and O–H groups in total. The Kier molecular flexibility index (Phi) is 7.43. The van der Waals surface area contributed by atoms with Gasteiger partial charge in [0.15, 0.2) is 0 Å². The molecular weight excluding hydrogens is 451 g/mol. The molecule has 2 amide bonds. The Morgan fingerprint density at radius 3 is 2.76 bits per heavy atom. The zero-order chi connectivity index (χ0) is 24.1. The summed E-state index contributed by atoms with van der Waals surface area (Å²) in [6, 6.07) is 15.1. The fourth-order valence-electron chi connectivity index (χ4n) is 4.12. The minimum atomic E-state index is -0.495. The van der Waals surface area contributed by atoms with Crippen LogP contribution < -0.4 is 4.74 Å². The van der Waals surface area contributed by atoms with E-state index in [0.29, 0.717) is 13.2 Å². The molecule has 1 aliphatic rings. The van der Waals surface area contributed by atoms with Gasteiger partial charge < -0.3 is 14.5 Å². The van der Waals surface area contributed by atoms with Gasteiger partial charge in [0.05, 0.1) is 6.04 Å². The van der Waals surface area contributed by atoms with E-state index in [4.69, 9.17) is 4.74 Å². The topological polar surface area (TPSA) is 49.9 Å². The molecule has 1 aliphatic heterocycles. The van der Waals surface area contributed by atoms with E-state index < -0.39 is 11.7 Å². The lowest BCUT2D eigenvalue weighted by Gasteiger charge is -2.37. The number of thiophene rings is 1. The smallest absolute Gasteiger partial charge is 0.254 e. The quantitative estimate of drug-likeness (QED) is 0.427. The Labute approximate surface area is 203 Å². The van der Waals surface area contributed by atoms with E-state index in [1.54, 1.807) is 28.4 Å². The first kappa shape index (κ1) is 23.7. The van der Waals surface area contributed by atoms with E-state index in [1.165, 1.54) is 28.0 Å². The molecule has 4 rings (SSSR count). The highest BCUT2D eigenvalue weighted by Crippen LogP contribution is 2.34. The Bertz CT molecular complexity index is 1170. The maximum absolute atomic E-state index is 13.7. The summed E-state index contributed by atoms with van der Waals surface area (Å²) >= 11 is 1.69. The van der Waals surface area contributed by atoms with Crippen molar-refractivity contribution in [2.24, 2.45) is 0 Å². The monoisotopic (exact) mass is 478 g/mol. The van der Waals surface area contributed by atoms with Gasteiger partial charge in [0.25, 0.3) is 5.91 Å². The Morgan fingerprint density at radius 1 is 1.24 bits per heavy atom. The summed E-state index contributed by atoms with van der Waals surface area (Å²) in [5.41, 5.74) is 2.43. The molecular formula is C27H27FN2O3S. The van der Waals surface area contributed by atoms with Crippen LogP contribution in [0.25, 0.3) is 0 Å². The van der Waals surface area contributed by atoms with E-state index >= 15 is 0 Å². The molecule has 1 atom stereocenters. The van der Waals surface area contributed by atoms with Crippen molar-refractivity contribution in [2.75, 3.05) is 26.2 Å². The number of carbonyl (C=O) groups excluding carboxylic acids is 2. The zero-order valence-corrected chi connectivity index (χ0v) is 19.9. The molecule has 0 aliphatic carbocycles. The fraction of sp³-hybridized carbons (Fsp3) is 0.259. The van der Waals surface area contributed by atoms with Crippen LogP contribution >= 0.6 is 11.3 Å².